The summed E-state index contributed by atoms with van der Waals surface area (Å²) < 4.78 is 1.43. The fourth-order valence-corrected chi connectivity index (χ4v) is 2.27. The Balaban J connectivity index is 2.11. The molecule has 1 aromatic rings. The Morgan fingerprint density at radius 2 is 2.17 bits per heavy atom. The second kappa shape index (κ2) is 5.52. The van der Waals surface area contributed by atoms with E-state index in [4.69, 9.17) is 5.73 Å². The van der Waals surface area contributed by atoms with E-state index >= 15 is 0 Å². The molecule has 1 saturated heterocycles. The van der Waals surface area contributed by atoms with Gasteiger partial charge in [0.25, 0.3) is 5.56 Å². The summed E-state index contributed by atoms with van der Waals surface area (Å²) in [4.78, 5) is 14.1. The topological polar surface area (TPSA) is 64.2 Å². The quantitative estimate of drug-likeness (QED) is 0.863. The van der Waals surface area contributed by atoms with Crippen LogP contribution in [-0.4, -0.2) is 28.9 Å². The predicted molar refractivity (Wildman–Crippen MR) is 72.8 cm³/mol. The number of anilines is 1. The van der Waals surface area contributed by atoms with Gasteiger partial charge in [-0.15, -0.1) is 0 Å². The van der Waals surface area contributed by atoms with Gasteiger partial charge in [0.1, 0.15) is 0 Å². The van der Waals surface area contributed by atoms with Gasteiger partial charge in [-0.05, 0) is 25.7 Å². The van der Waals surface area contributed by atoms with E-state index in [0.29, 0.717) is 6.54 Å². The zero-order valence-corrected chi connectivity index (χ0v) is 11.2. The van der Waals surface area contributed by atoms with E-state index in [0.717, 1.165) is 24.7 Å². The molecule has 1 aliphatic heterocycles. The van der Waals surface area contributed by atoms with Gasteiger partial charge in [0, 0.05) is 25.2 Å². The van der Waals surface area contributed by atoms with E-state index in [1.54, 1.807) is 12.3 Å². The summed E-state index contributed by atoms with van der Waals surface area (Å²) in [6, 6.07) is 1.61. The van der Waals surface area contributed by atoms with Gasteiger partial charge in [0.2, 0.25) is 0 Å². The fourth-order valence-electron chi connectivity index (χ4n) is 2.27. The third-order valence-corrected chi connectivity index (χ3v) is 3.46. The highest BCUT2D eigenvalue weighted by Crippen LogP contribution is 2.20. The Morgan fingerprint density at radius 3 is 2.72 bits per heavy atom. The molecule has 0 radical (unpaired) electrons. The Bertz CT molecular complexity index is 447. The van der Waals surface area contributed by atoms with Crippen LogP contribution in [0.1, 0.15) is 26.7 Å². The van der Waals surface area contributed by atoms with Gasteiger partial charge in [-0.1, -0.05) is 6.92 Å². The molecule has 5 heteroatoms. The van der Waals surface area contributed by atoms with Crippen LogP contribution < -0.4 is 16.2 Å². The molecule has 2 heterocycles. The molecular formula is C13H22N4O. The number of piperidine rings is 1. The Labute approximate surface area is 108 Å². The molecule has 0 spiro atoms. The van der Waals surface area contributed by atoms with Gasteiger partial charge in [-0.25, -0.2) is 4.68 Å². The number of hydrogen-bond donors (Lipinski definition) is 1. The van der Waals surface area contributed by atoms with Crippen molar-refractivity contribution in [2.24, 2.45) is 11.7 Å². The van der Waals surface area contributed by atoms with E-state index in [9.17, 15) is 4.79 Å². The van der Waals surface area contributed by atoms with Gasteiger partial charge >= 0.3 is 0 Å². The molecule has 1 atom stereocenters. The minimum atomic E-state index is -0.0663. The summed E-state index contributed by atoms with van der Waals surface area (Å²) in [7, 11) is 0. The minimum absolute atomic E-state index is 0.0584. The van der Waals surface area contributed by atoms with Crippen molar-refractivity contribution in [1.82, 2.24) is 9.78 Å². The normalized spacial score (nSPS) is 18.9. The van der Waals surface area contributed by atoms with Gasteiger partial charge in [0.15, 0.2) is 0 Å². The summed E-state index contributed by atoms with van der Waals surface area (Å²) in [6.07, 6.45) is 4.14. The van der Waals surface area contributed by atoms with Gasteiger partial charge in [-0.3, -0.25) is 4.79 Å². The number of nitrogens with zero attached hydrogens (tertiary/aromatic N) is 3. The molecule has 1 fully saturated rings. The summed E-state index contributed by atoms with van der Waals surface area (Å²) in [6.45, 7) is 6.64. The zero-order chi connectivity index (χ0) is 13.1. The molecule has 1 aromatic heterocycles. The predicted octanol–water partition coefficient (Wildman–Crippen LogP) is 0.827. The highest BCUT2D eigenvalue weighted by molar-refractivity contribution is 5.43. The number of hydrogen-bond acceptors (Lipinski definition) is 4. The molecule has 2 N–H and O–H groups in total. The second-order valence-corrected chi connectivity index (χ2v) is 5.38. The van der Waals surface area contributed by atoms with Crippen molar-refractivity contribution >= 4 is 5.69 Å². The molecule has 1 aliphatic rings. The molecule has 0 bridgehead atoms. The summed E-state index contributed by atoms with van der Waals surface area (Å²) in [5.74, 6) is 0.785. The minimum Gasteiger partial charge on any atom is -0.370 e. The molecule has 0 amide bonds. The van der Waals surface area contributed by atoms with Crippen molar-refractivity contribution in [3.05, 3.63) is 22.6 Å². The van der Waals surface area contributed by atoms with Gasteiger partial charge < -0.3 is 10.6 Å². The highest BCUT2D eigenvalue weighted by Gasteiger charge is 2.17. The van der Waals surface area contributed by atoms with Crippen molar-refractivity contribution in [1.29, 1.82) is 0 Å². The van der Waals surface area contributed by atoms with E-state index in [1.807, 2.05) is 6.92 Å². The van der Waals surface area contributed by atoms with E-state index in [2.05, 4.69) is 16.9 Å². The summed E-state index contributed by atoms with van der Waals surface area (Å²) >= 11 is 0. The first-order chi connectivity index (χ1) is 8.56. The molecule has 5 nitrogen and oxygen atoms in total. The lowest BCUT2D eigenvalue weighted by Gasteiger charge is -2.31. The SMILES string of the molecule is CC1CCN(c2cnn(C[C@H](C)N)c(=O)c2)CC1. The fraction of sp³-hybridized carbons (Fsp3) is 0.692. The first-order valence-corrected chi connectivity index (χ1v) is 6.64. The molecular weight excluding hydrogens is 228 g/mol. The first kappa shape index (κ1) is 13.1. The third-order valence-electron chi connectivity index (χ3n) is 3.46. The molecule has 0 aliphatic carbocycles. The van der Waals surface area contributed by atoms with Crippen LogP contribution in [0, 0.1) is 5.92 Å². The van der Waals surface area contributed by atoms with E-state index in [-0.39, 0.29) is 11.6 Å². The van der Waals surface area contributed by atoms with Crippen LogP contribution in [0.3, 0.4) is 0 Å². The second-order valence-electron chi connectivity index (χ2n) is 5.38. The summed E-state index contributed by atoms with van der Waals surface area (Å²) in [5, 5.41) is 4.20. The van der Waals surface area contributed by atoms with Crippen molar-refractivity contribution < 1.29 is 0 Å². The van der Waals surface area contributed by atoms with E-state index < -0.39 is 0 Å². The average molecular weight is 250 g/mol. The van der Waals surface area contributed by atoms with E-state index in [1.165, 1.54) is 17.5 Å². The van der Waals surface area contributed by atoms with Crippen LogP contribution in [0.4, 0.5) is 5.69 Å². The van der Waals surface area contributed by atoms with Crippen molar-refractivity contribution in [2.45, 2.75) is 39.3 Å². The highest BCUT2D eigenvalue weighted by atomic mass is 16.1. The van der Waals surface area contributed by atoms with Crippen LogP contribution in [0.5, 0.6) is 0 Å². The standard InChI is InChI=1S/C13H22N4O/c1-10-3-5-16(6-4-10)12-7-13(18)17(15-8-12)9-11(2)14/h7-8,10-11H,3-6,9,14H2,1-2H3/t11-/m0/s1. The number of aromatic nitrogens is 2. The van der Waals surface area contributed by atoms with Crippen LogP contribution in [0.2, 0.25) is 0 Å². The molecule has 0 saturated carbocycles. The zero-order valence-electron chi connectivity index (χ0n) is 11.2. The molecule has 0 unspecified atom stereocenters. The van der Waals surface area contributed by atoms with Gasteiger partial charge in [-0.2, -0.15) is 5.10 Å². The Hall–Kier alpha value is -1.36. The lowest BCUT2D eigenvalue weighted by Crippen LogP contribution is -2.36. The van der Waals surface area contributed by atoms with Crippen LogP contribution >= 0.6 is 0 Å². The lowest BCUT2D eigenvalue weighted by atomic mass is 9.99. The van der Waals surface area contributed by atoms with Crippen molar-refractivity contribution in [3.8, 4) is 0 Å². The third kappa shape index (κ3) is 3.10. The maximum atomic E-state index is 11.9. The number of nitrogens with two attached hydrogens (primary N) is 1. The average Bonchev–Trinajstić information content (AvgIpc) is 2.32. The van der Waals surface area contributed by atoms with Crippen LogP contribution in [0.25, 0.3) is 0 Å². The largest absolute Gasteiger partial charge is 0.370 e. The number of rotatable bonds is 3. The maximum Gasteiger partial charge on any atom is 0.268 e. The van der Waals surface area contributed by atoms with Crippen molar-refractivity contribution in [3.63, 3.8) is 0 Å². The molecule has 2 rings (SSSR count). The monoisotopic (exact) mass is 250 g/mol. The van der Waals surface area contributed by atoms with Crippen LogP contribution in [0.15, 0.2) is 17.1 Å². The van der Waals surface area contributed by atoms with Crippen molar-refractivity contribution in [2.75, 3.05) is 18.0 Å². The van der Waals surface area contributed by atoms with Crippen LogP contribution in [-0.2, 0) is 6.54 Å². The summed E-state index contributed by atoms with van der Waals surface area (Å²) in [5.41, 5.74) is 6.55. The lowest BCUT2D eigenvalue weighted by molar-refractivity contribution is 0.437. The smallest absolute Gasteiger partial charge is 0.268 e. The van der Waals surface area contributed by atoms with Gasteiger partial charge in [0.05, 0.1) is 18.4 Å². The molecule has 18 heavy (non-hydrogen) atoms. The Morgan fingerprint density at radius 1 is 1.50 bits per heavy atom. The molecule has 0 aromatic carbocycles. The maximum absolute atomic E-state index is 11.9. The molecule has 100 valence electrons. The Kier molecular flexibility index (Phi) is 4.01. The first-order valence-electron chi connectivity index (χ1n) is 6.64.